The fourth-order valence-corrected chi connectivity index (χ4v) is 1.51. The van der Waals surface area contributed by atoms with Crippen molar-refractivity contribution in [2.45, 2.75) is 20.3 Å². The van der Waals surface area contributed by atoms with Crippen molar-refractivity contribution in [3.05, 3.63) is 35.9 Å². The van der Waals surface area contributed by atoms with E-state index >= 15 is 0 Å². The zero-order valence-corrected chi connectivity index (χ0v) is 9.21. The van der Waals surface area contributed by atoms with Gasteiger partial charge in [0.05, 0.1) is 7.11 Å². The minimum absolute atomic E-state index is 0.666. The third kappa shape index (κ3) is 2.91. The Morgan fingerprint density at radius 1 is 1.36 bits per heavy atom. The Morgan fingerprint density at radius 3 is 2.57 bits per heavy atom. The molecule has 0 aliphatic carbocycles. The summed E-state index contributed by atoms with van der Waals surface area (Å²) in [6, 6.07) is 6.25. The van der Waals surface area contributed by atoms with Gasteiger partial charge in [0, 0.05) is 0 Å². The molecule has 0 aliphatic rings. The average Bonchev–Trinajstić information content (AvgIpc) is 2.16. The molecule has 14 heavy (non-hydrogen) atoms. The Hall–Kier alpha value is -1.24. The predicted molar refractivity (Wildman–Crippen MR) is 61.6 cm³/mol. The Bertz CT molecular complexity index is 313. The first-order chi connectivity index (χ1) is 6.65. The molecule has 0 radical (unpaired) electrons. The van der Waals surface area contributed by atoms with Crippen molar-refractivity contribution in [2.75, 3.05) is 7.11 Å². The van der Waals surface area contributed by atoms with Crippen molar-refractivity contribution in [3.8, 4) is 5.75 Å². The lowest BCUT2D eigenvalue weighted by Gasteiger charge is -2.08. The number of methoxy groups -OCH3 is 1. The van der Waals surface area contributed by atoms with Crippen LogP contribution in [0.4, 0.5) is 0 Å². The summed E-state index contributed by atoms with van der Waals surface area (Å²) in [5.74, 6) is 1.58. The summed E-state index contributed by atoms with van der Waals surface area (Å²) in [5.41, 5.74) is 2.44. The summed E-state index contributed by atoms with van der Waals surface area (Å²) in [4.78, 5) is 0. The van der Waals surface area contributed by atoms with Crippen molar-refractivity contribution in [3.63, 3.8) is 0 Å². The summed E-state index contributed by atoms with van der Waals surface area (Å²) in [7, 11) is 1.70. The van der Waals surface area contributed by atoms with Crippen molar-refractivity contribution < 1.29 is 4.74 Å². The van der Waals surface area contributed by atoms with E-state index < -0.39 is 0 Å². The van der Waals surface area contributed by atoms with Crippen LogP contribution >= 0.6 is 0 Å². The van der Waals surface area contributed by atoms with Gasteiger partial charge in [0.1, 0.15) is 5.75 Å². The first-order valence-corrected chi connectivity index (χ1v) is 4.96. The SMILES string of the molecule is C=Cc1cc(CC(C)C)cc(OC)c1. The van der Waals surface area contributed by atoms with Gasteiger partial charge in [-0.3, -0.25) is 0 Å². The van der Waals surface area contributed by atoms with Crippen LogP contribution in [0.2, 0.25) is 0 Å². The van der Waals surface area contributed by atoms with Crippen LogP contribution in [0.5, 0.6) is 5.75 Å². The highest BCUT2D eigenvalue weighted by Crippen LogP contribution is 2.19. The normalized spacial score (nSPS) is 10.3. The second-order valence-corrected chi connectivity index (χ2v) is 3.92. The molecular formula is C13H18O. The molecule has 0 unspecified atom stereocenters. The molecule has 0 saturated carbocycles. The lowest BCUT2D eigenvalue weighted by Crippen LogP contribution is -1.95. The van der Waals surface area contributed by atoms with Crippen LogP contribution in [0.3, 0.4) is 0 Å². The molecule has 1 heteroatoms. The van der Waals surface area contributed by atoms with Crippen LogP contribution in [-0.4, -0.2) is 7.11 Å². The van der Waals surface area contributed by atoms with Gasteiger partial charge in [-0.25, -0.2) is 0 Å². The van der Waals surface area contributed by atoms with E-state index in [2.05, 4.69) is 32.6 Å². The average molecular weight is 190 g/mol. The van der Waals surface area contributed by atoms with Crippen LogP contribution in [-0.2, 0) is 6.42 Å². The Balaban J connectivity index is 2.98. The summed E-state index contributed by atoms with van der Waals surface area (Å²) >= 11 is 0. The van der Waals surface area contributed by atoms with E-state index in [1.54, 1.807) is 7.11 Å². The lowest BCUT2D eigenvalue weighted by atomic mass is 10.0. The fraction of sp³-hybridized carbons (Fsp3) is 0.385. The van der Waals surface area contributed by atoms with E-state index in [1.807, 2.05) is 12.1 Å². The molecule has 0 atom stereocenters. The van der Waals surface area contributed by atoms with E-state index in [9.17, 15) is 0 Å². The standard InChI is InChI=1S/C13H18O/c1-5-11-7-12(6-10(2)3)9-13(8-11)14-4/h5,7-10H,1,6H2,2-4H3. The molecule has 76 valence electrons. The highest BCUT2D eigenvalue weighted by atomic mass is 16.5. The maximum Gasteiger partial charge on any atom is 0.119 e. The molecular weight excluding hydrogens is 172 g/mol. The van der Waals surface area contributed by atoms with E-state index in [0.717, 1.165) is 17.7 Å². The molecule has 1 aromatic rings. The number of ether oxygens (including phenoxy) is 1. The number of hydrogen-bond donors (Lipinski definition) is 0. The van der Waals surface area contributed by atoms with Gasteiger partial charge in [0.25, 0.3) is 0 Å². The number of hydrogen-bond acceptors (Lipinski definition) is 1. The molecule has 0 N–H and O–H groups in total. The predicted octanol–water partition coefficient (Wildman–Crippen LogP) is 3.54. The second kappa shape index (κ2) is 4.85. The van der Waals surface area contributed by atoms with Crippen molar-refractivity contribution in [1.29, 1.82) is 0 Å². The highest BCUT2D eigenvalue weighted by molar-refractivity contribution is 5.51. The first kappa shape index (κ1) is 10.8. The fourth-order valence-electron chi connectivity index (χ4n) is 1.51. The molecule has 0 heterocycles. The summed E-state index contributed by atoms with van der Waals surface area (Å²) < 4.78 is 5.23. The van der Waals surface area contributed by atoms with E-state index in [4.69, 9.17) is 4.74 Å². The highest BCUT2D eigenvalue weighted by Gasteiger charge is 2.01. The minimum Gasteiger partial charge on any atom is -0.497 e. The van der Waals surface area contributed by atoms with E-state index in [0.29, 0.717) is 5.92 Å². The quantitative estimate of drug-likeness (QED) is 0.705. The molecule has 0 fully saturated rings. The van der Waals surface area contributed by atoms with Crippen LogP contribution in [0.15, 0.2) is 24.8 Å². The van der Waals surface area contributed by atoms with Gasteiger partial charge in [-0.1, -0.05) is 32.6 Å². The first-order valence-electron chi connectivity index (χ1n) is 4.96. The van der Waals surface area contributed by atoms with Crippen LogP contribution < -0.4 is 4.74 Å². The third-order valence-electron chi connectivity index (χ3n) is 2.10. The van der Waals surface area contributed by atoms with E-state index in [-0.39, 0.29) is 0 Å². The molecule has 1 nitrogen and oxygen atoms in total. The summed E-state index contributed by atoms with van der Waals surface area (Å²) in [5, 5.41) is 0. The molecule has 0 bridgehead atoms. The topological polar surface area (TPSA) is 9.23 Å². The van der Waals surface area contributed by atoms with Crippen molar-refractivity contribution >= 4 is 6.08 Å². The minimum atomic E-state index is 0.666. The molecule has 0 aliphatic heterocycles. The van der Waals surface area contributed by atoms with Crippen LogP contribution in [0.1, 0.15) is 25.0 Å². The maximum atomic E-state index is 5.23. The van der Waals surface area contributed by atoms with Gasteiger partial charge < -0.3 is 4.74 Å². The lowest BCUT2D eigenvalue weighted by molar-refractivity contribution is 0.414. The largest absolute Gasteiger partial charge is 0.497 e. The molecule has 1 rings (SSSR count). The van der Waals surface area contributed by atoms with Crippen molar-refractivity contribution in [1.82, 2.24) is 0 Å². The summed E-state index contributed by atoms with van der Waals surface area (Å²) in [6.07, 6.45) is 2.93. The van der Waals surface area contributed by atoms with Gasteiger partial charge in [-0.05, 0) is 35.6 Å². The molecule has 0 saturated heterocycles. The molecule has 0 amide bonds. The number of rotatable bonds is 4. The van der Waals surface area contributed by atoms with Crippen LogP contribution in [0, 0.1) is 5.92 Å². The van der Waals surface area contributed by atoms with Crippen LogP contribution in [0.25, 0.3) is 6.08 Å². The van der Waals surface area contributed by atoms with Gasteiger partial charge in [-0.2, -0.15) is 0 Å². The van der Waals surface area contributed by atoms with Gasteiger partial charge in [0.15, 0.2) is 0 Å². The van der Waals surface area contributed by atoms with Gasteiger partial charge >= 0.3 is 0 Å². The second-order valence-electron chi connectivity index (χ2n) is 3.92. The Morgan fingerprint density at radius 2 is 2.07 bits per heavy atom. The smallest absolute Gasteiger partial charge is 0.119 e. The molecule has 0 aromatic heterocycles. The van der Waals surface area contributed by atoms with Crippen molar-refractivity contribution in [2.24, 2.45) is 5.92 Å². The Labute approximate surface area is 86.4 Å². The third-order valence-corrected chi connectivity index (χ3v) is 2.10. The van der Waals surface area contributed by atoms with Gasteiger partial charge in [-0.15, -0.1) is 0 Å². The maximum absolute atomic E-state index is 5.23. The monoisotopic (exact) mass is 190 g/mol. The van der Waals surface area contributed by atoms with Gasteiger partial charge in [0.2, 0.25) is 0 Å². The number of benzene rings is 1. The zero-order valence-electron chi connectivity index (χ0n) is 9.21. The van der Waals surface area contributed by atoms with E-state index in [1.165, 1.54) is 5.56 Å². The zero-order chi connectivity index (χ0) is 10.6. The molecule has 1 aromatic carbocycles. The summed E-state index contributed by atoms with van der Waals surface area (Å²) in [6.45, 7) is 8.20. The molecule has 0 spiro atoms. The Kier molecular flexibility index (Phi) is 3.75.